The van der Waals surface area contributed by atoms with Crippen LogP contribution in [0.5, 0.6) is 5.75 Å². The zero-order valence-electron chi connectivity index (χ0n) is 11.0. The van der Waals surface area contributed by atoms with Crippen LogP contribution in [-0.4, -0.2) is 36.2 Å². The normalized spacial score (nSPS) is 29.4. The van der Waals surface area contributed by atoms with Gasteiger partial charge in [0.2, 0.25) is 0 Å². The van der Waals surface area contributed by atoms with E-state index in [1.807, 2.05) is 0 Å². The second kappa shape index (κ2) is 4.90. The van der Waals surface area contributed by atoms with E-state index in [0.29, 0.717) is 11.8 Å². The Morgan fingerprint density at radius 2 is 1.83 bits per heavy atom. The Bertz CT molecular complexity index is 391. The van der Waals surface area contributed by atoms with Crippen LogP contribution in [0.2, 0.25) is 0 Å². The molecule has 18 heavy (non-hydrogen) atoms. The number of nitrogens with one attached hydrogen (secondary N) is 1. The Balaban J connectivity index is 1.75. The summed E-state index contributed by atoms with van der Waals surface area (Å²) in [4.78, 5) is 2.63. The van der Waals surface area contributed by atoms with Crippen molar-refractivity contribution in [2.45, 2.75) is 19.4 Å². The van der Waals surface area contributed by atoms with E-state index in [2.05, 4.69) is 29.3 Å². The van der Waals surface area contributed by atoms with E-state index in [1.165, 1.54) is 31.7 Å². The number of aromatic hydroxyl groups is 1. The lowest BCUT2D eigenvalue weighted by atomic mass is 10.0. The van der Waals surface area contributed by atoms with Crippen molar-refractivity contribution in [2.24, 2.45) is 11.8 Å². The summed E-state index contributed by atoms with van der Waals surface area (Å²) in [5.74, 6) is 2.04. The molecule has 0 saturated carbocycles. The number of nitrogens with zero attached hydrogens (tertiary/aromatic N) is 1. The van der Waals surface area contributed by atoms with Crippen LogP contribution in [0.15, 0.2) is 24.3 Å². The summed E-state index contributed by atoms with van der Waals surface area (Å²) in [5, 5.41) is 12.9. The fourth-order valence-corrected chi connectivity index (χ4v) is 3.55. The number of phenols is 1. The minimum atomic E-state index is 0.357. The monoisotopic (exact) mass is 246 g/mol. The van der Waals surface area contributed by atoms with E-state index in [-0.39, 0.29) is 0 Å². The Kier molecular flexibility index (Phi) is 3.27. The molecule has 3 nitrogen and oxygen atoms in total. The van der Waals surface area contributed by atoms with Crippen molar-refractivity contribution < 1.29 is 5.11 Å². The van der Waals surface area contributed by atoms with Gasteiger partial charge in [0, 0.05) is 19.1 Å². The molecule has 2 saturated heterocycles. The summed E-state index contributed by atoms with van der Waals surface area (Å²) < 4.78 is 0. The maximum Gasteiger partial charge on any atom is 0.115 e. The molecule has 2 fully saturated rings. The molecule has 0 spiro atoms. The van der Waals surface area contributed by atoms with E-state index < -0.39 is 0 Å². The third kappa shape index (κ3) is 2.13. The smallest absolute Gasteiger partial charge is 0.115 e. The van der Waals surface area contributed by atoms with Gasteiger partial charge in [-0.1, -0.05) is 19.1 Å². The lowest BCUT2D eigenvalue weighted by molar-refractivity contribution is 0.222. The summed E-state index contributed by atoms with van der Waals surface area (Å²) in [6.07, 6.45) is 1.14. The van der Waals surface area contributed by atoms with Crippen molar-refractivity contribution >= 4 is 0 Å². The first-order valence-electron chi connectivity index (χ1n) is 7.01. The molecule has 3 atom stereocenters. The average Bonchev–Trinajstić information content (AvgIpc) is 2.93. The van der Waals surface area contributed by atoms with Gasteiger partial charge >= 0.3 is 0 Å². The molecule has 1 aromatic carbocycles. The third-order valence-corrected chi connectivity index (χ3v) is 4.52. The molecule has 0 amide bonds. The summed E-state index contributed by atoms with van der Waals surface area (Å²) in [7, 11) is 0. The van der Waals surface area contributed by atoms with Crippen LogP contribution in [-0.2, 0) is 0 Å². The molecular formula is C15H22N2O. The molecule has 1 aromatic rings. The SMILES string of the molecule is CCC(c1ccc(O)cc1)N1C[C@H]2CNC[C@H]2C1. The standard InChI is InChI=1S/C15H22N2O/c1-2-15(11-3-5-14(18)6-4-11)17-9-12-7-16-8-13(12)10-17/h3-6,12-13,15-16,18H,2,7-10H2,1H3/t12-,13+,15?. The molecule has 0 bridgehead atoms. The topological polar surface area (TPSA) is 35.5 Å². The molecule has 0 aliphatic carbocycles. The zero-order chi connectivity index (χ0) is 12.5. The predicted octanol–water partition coefficient (Wildman–Crippen LogP) is 1.99. The quantitative estimate of drug-likeness (QED) is 0.856. The zero-order valence-corrected chi connectivity index (χ0v) is 11.0. The number of hydrogen-bond acceptors (Lipinski definition) is 3. The summed E-state index contributed by atoms with van der Waals surface area (Å²) in [6.45, 7) is 7.07. The highest BCUT2D eigenvalue weighted by atomic mass is 16.3. The van der Waals surface area contributed by atoms with Gasteiger partial charge in [0.05, 0.1) is 0 Å². The van der Waals surface area contributed by atoms with Gasteiger partial charge in [-0.15, -0.1) is 0 Å². The molecule has 2 aliphatic heterocycles. The van der Waals surface area contributed by atoms with Crippen LogP contribution >= 0.6 is 0 Å². The maximum absolute atomic E-state index is 9.39. The van der Waals surface area contributed by atoms with Crippen molar-refractivity contribution in [3.63, 3.8) is 0 Å². The Hall–Kier alpha value is -1.06. The number of benzene rings is 1. The highest BCUT2D eigenvalue weighted by Gasteiger charge is 2.38. The van der Waals surface area contributed by atoms with Gasteiger partial charge in [0.25, 0.3) is 0 Å². The second-order valence-corrected chi connectivity index (χ2v) is 5.65. The second-order valence-electron chi connectivity index (χ2n) is 5.65. The van der Waals surface area contributed by atoms with E-state index in [4.69, 9.17) is 0 Å². The van der Waals surface area contributed by atoms with Gasteiger partial charge < -0.3 is 10.4 Å². The molecule has 3 rings (SSSR count). The summed E-state index contributed by atoms with van der Waals surface area (Å²) in [5.41, 5.74) is 1.34. The first kappa shape index (κ1) is 12.0. The molecule has 2 heterocycles. The largest absolute Gasteiger partial charge is 0.508 e. The van der Waals surface area contributed by atoms with Crippen LogP contribution < -0.4 is 5.32 Å². The van der Waals surface area contributed by atoms with Gasteiger partial charge in [-0.25, -0.2) is 0 Å². The number of fused-ring (bicyclic) bond motifs is 1. The van der Waals surface area contributed by atoms with E-state index in [9.17, 15) is 5.11 Å². The van der Waals surface area contributed by atoms with Gasteiger partial charge in [-0.05, 0) is 49.0 Å². The maximum atomic E-state index is 9.39. The fourth-order valence-electron chi connectivity index (χ4n) is 3.55. The lowest BCUT2D eigenvalue weighted by Gasteiger charge is -2.28. The molecule has 2 aliphatic rings. The van der Waals surface area contributed by atoms with Crippen LogP contribution in [0, 0.1) is 11.8 Å². The van der Waals surface area contributed by atoms with Crippen LogP contribution in [0.4, 0.5) is 0 Å². The molecule has 98 valence electrons. The minimum Gasteiger partial charge on any atom is -0.508 e. The van der Waals surface area contributed by atoms with Crippen molar-refractivity contribution in [3.05, 3.63) is 29.8 Å². The number of likely N-dealkylation sites (tertiary alicyclic amines) is 1. The Labute approximate surface area is 109 Å². The van der Waals surface area contributed by atoms with E-state index in [0.717, 1.165) is 18.3 Å². The van der Waals surface area contributed by atoms with Crippen LogP contribution in [0.3, 0.4) is 0 Å². The average molecular weight is 246 g/mol. The van der Waals surface area contributed by atoms with Crippen molar-refractivity contribution in [1.82, 2.24) is 10.2 Å². The number of hydrogen-bond donors (Lipinski definition) is 2. The first-order valence-corrected chi connectivity index (χ1v) is 7.01. The summed E-state index contributed by atoms with van der Waals surface area (Å²) in [6, 6.07) is 8.25. The fraction of sp³-hybridized carbons (Fsp3) is 0.600. The van der Waals surface area contributed by atoms with E-state index >= 15 is 0 Å². The number of rotatable bonds is 3. The van der Waals surface area contributed by atoms with Crippen molar-refractivity contribution in [2.75, 3.05) is 26.2 Å². The Morgan fingerprint density at radius 1 is 1.22 bits per heavy atom. The Morgan fingerprint density at radius 3 is 2.39 bits per heavy atom. The molecule has 3 heteroatoms. The van der Waals surface area contributed by atoms with Gasteiger partial charge in [-0.3, -0.25) is 4.90 Å². The van der Waals surface area contributed by atoms with Gasteiger partial charge in [0.1, 0.15) is 5.75 Å². The minimum absolute atomic E-state index is 0.357. The highest BCUT2D eigenvalue weighted by molar-refractivity contribution is 5.28. The van der Waals surface area contributed by atoms with Crippen molar-refractivity contribution in [3.8, 4) is 5.75 Å². The molecule has 2 N–H and O–H groups in total. The first-order chi connectivity index (χ1) is 8.78. The van der Waals surface area contributed by atoms with Crippen LogP contribution in [0.1, 0.15) is 24.9 Å². The van der Waals surface area contributed by atoms with Crippen LogP contribution in [0.25, 0.3) is 0 Å². The summed E-state index contributed by atoms with van der Waals surface area (Å²) >= 11 is 0. The lowest BCUT2D eigenvalue weighted by Crippen LogP contribution is -2.29. The number of phenolic OH excluding ortho intramolecular Hbond substituents is 1. The predicted molar refractivity (Wildman–Crippen MR) is 72.6 cm³/mol. The molecule has 0 radical (unpaired) electrons. The third-order valence-electron chi connectivity index (χ3n) is 4.52. The van der Waals surface area contributed by atoms with Gasteiger partial charge in [-0.2, -0.15) is 0 Å². The highest BCUT2D eigenvalue weighted by Crippen LogP contribution is 2.34. The van der Waals surface area contributed by atoms with Gasteiger partial charge in [0.15, 0.2) is 0 Å². The van der Waals surface area contributed by atoms with E-state index in [1.54, 1.807) is 12.1 Å². The molecule has 1 unspecified atom stereocenters. The molecule has 0 aromatic heterocycles. The van der Waals surface area contributed by atoms with Crippen molar-refractivity contribution in [1.29, 1.82) is 0 Å². The molecular weight excluding hydrogens is 224 g/mol.